The summed E-state index contributed by atoms with van der Waals surface area (Å²) in [5.41, 5.74) is 0. The van der Waals surface area contributed by atoms with Gasteiger partial charge in [0.05, 0.1) is 19.3 Å². The molecule has 0 aromatic carbocycles. The zero-order valence-corrected chi connectivity index (χ0v) is 9.58. The van der Waals surface area contributed by atoms with Crippen molar-refractivity contribution in [3.05, 3.63) is 0 Å². The number of aliphatic hydroxyl groups excluding tert-OH is 1. The van der Waals surface area contributed by atoms with Crippen molar-refractivity contribution in [1.82, 2.24) is 4.90 Å². The number of aliphatic hydroxyl groups is 1. The topological polar surface area (TPSA) is 32.7 Å². The normalized spacial score (nSPS) is 21.2. The van der Waals surface area contributed by atoms with Gasteiger partial charge in [-0.3, -0.25) is 4.90 Å². The number of alkyl halides is 2. The lowest BCUT2D eigenvalue weighted by Crippen LogP contribution is -2.32. The molecule has 0 aliphatic carbocycles. The summed E-state index contributed by atoms with van der Waals surface area (Å²) in [5, 5.41) is 8.75. The van der Waals surface area contributed by atoms with Gasteiger partial charge in [0.15, 0.2) is 0 Å². The highest BCUT2D eigenvalue weighted by Crippen LogP contribution is 2.17. The largest absolute Gasteiger partial charge is 0.395 e. The second-order valence-corrected chi connectivity index (χ2v) is 4.19. The first kappa shape index (κ1) is 13.8. The highest BCUT2D eigenvalue weighted by Gasteiger charge is 2.16. The Balaban J connectivity index is 2.10. The van der Waals surface area contributed by atoms with Gasteiger partial charge in [0.2, 0.25) is 0 Å². The van der Waals surface area contributed by atoms with Gasteiger partial charge in [0, 0.05) is 13.2 Å². The molecule has 5 heteroatoms. The molecule has 16 heavy (non-hydrogen) atoms. The lowest BCUT2D eigenvalue weighted by Gasteiger charge is -2.21. The van der Waals surface area contributed by atoms with E-state index in [0.29, 0.717) is 19.2 Å². The molecule has 1 unspecified atom stereocenters. The molecular weight excluding hydrogens is 216 g/mol. The molecule has 0 radical (unpaired) electrons. The molecule has 0 aromatic rings. The molecule has 96 valence electrons. The molecule has 0 aromatic heterocycles. The summed E-state index contributed by atoms with van der Waals surface area (Å²) in [5.74, 6) is 0. The summed E-state index contributed by atoms with van der Waals surface area (Å²) in [4.78, 5) is 1.61. The maximum absolute atomic E-state index is 12.2. The number of ether oxygens (including phenoxy) is 1. The molecule has 0 bridgehead atoms. The van der Waals surface area contributed by atoms with E-state index in [2.05, 4.69) is 0 Å². The van der Waals surface area contributed by atoms with Crippen LogP contribution in [0.1, 0.15) is 25.7 Å². The predicted molar refractivity (Wildman–Crippen MR) is 57.7 cm³/mol. The smallest absolute Gasteiger partial charge is 0.251 e. The second-order valence-electron chi connectivity index (χ2n) is 4.19. The first-order valence-electron chi connectivity index (χ1n) is 5.95. The van der Waals surface area contributed by atoms with Crippen molar-refractivity contribution < 1.29 is 18.6 Å². The van der Waals surface area contributed by atoms with Crippen molar-refractivity contribution >= 4 is 0 Å². The van der Waals surface area contributed by atoms with E-state index >= 15 is 0 Å². The van der Waals surface area contributed by atoms with Gasteiger partial charge >= 0.3 is 0 Å². The Morgan fingerprint density at radius 3 is 2.75 bits per heavy atom. The van der Waals surface area contributed by atoms with Crippen LogP contribution in [0.4, 0.5) is 8.78 Å². The molecule has 1 atom stereocenters. The standard InChI is InChI=1S/C11H21F2NO2/c12-11(13)9-14(6-7-15)5-1-3-10-4-2-8-16-10/h10-11,15H,1-9H2. The highest BCUT2D eigenvalue weighted by atomic mass is 19.3. The van der Waals surface area contributed by atoms with Crippen LogP contribution in [-0.4, -0.2) is 55.4 Å². The van der Waals surface area contributed by atoms with Crippen molar-refractivity contribution in [2.45, 2.75) is 38.2 Å². The molecule has 1 fully saturated rings. The van der Waals surface area contributed by atoms with Gasteiger partial charge in [-0.05, 0) is 32.2 Å². The first-order valence-corrected chi connectivity index (χ1v) is 5.95. The average Bonchev–Trinajstić information content (AvgIpc) is 2.70. The maximum atomic E-state index is 12.2. The number of hydrogen-bond acceptors (Lipinski definition) is 3. The summed E-state index contributed by atoms with van der Waals surface area (Å²) in [6, 6.07) is 0. The van der Waals surface area contributed by atoms with E-state index in [1.165, 1.54) is 0 Å². The second kappa shape index (κ2) is 7.92. The summed E-state index contributed by atoms with van der Waals surface area (Å²) >= 11 is 0. The van der Waals surface area contributed by atoms with Crippen LogP contribution in [-0.2, 0) is 4.74 Å². The third-order valence-electron chi connectivity index (χ3n) is 2.84. The van der Waals surface area contributed by atoms with Crippen molar-refractivity contribution in [2.24, 2.45) is 0 Å². The first-order chi connectivity index (χ1) is 7.72. The molecule has 0 saturated carbocycles. The van der Waals surface area contributed by atoms with Crippen molar-refractivity contribution in [3.8, 4) is 0 Å². The molecular formula is C11H21F2NO2. The molecule has 3 nitrogen and oxygen atoms in total. The summed E-state index contributed by atoms with van der Waals surface area (Å²) in [6.07, 6.45) is 2.00. The third kappa shape index (κ3) is 5.72. The van der Waals surface area contributed by atoms with Crippen LogP contribution in [0, 0.1) is 0 Å². The van der Waals surface area contributed by atoms with Gasteiger partial charge in [-0.25, -0.2) is 8.78 Å². The van der Waals surface area contributed by atoms with Crippen LogP contribution in [0.5, 0.6) is 0 Å². The molecule has 1 aliphatic heterocycles. The van der Waals surface area contributed by atoms with E-state index in [1.54, 1.807) is 4.90 Å². The van der Waals surface area contributed by atoms with E-state index in [9.17, 15) is 8.78 Å². The van der Waals surface area contributed by atoms with Crippen molar-refractivity contribution in [2.75, 3.05) is 32.8 Å². The quantitative estimate of drug-likeness (QED) is 0.694. The maximum Gasteiger partial charge on any atom is 0.251 e. The van der Waals surface area contributed by atoms with E-state index in [1.807, 2.05) is 0 Å². The Labute approximate surface area is 95.4 Å². The lowest BCUT2D eigenvalue weighted by molar-refractivity contribution is 0.0696. The predicted octanol–water partition coefficient (Wildman–Crippen LogP) is 1.50. The van der Waals surface area contributed by atoms with Gasteiger partial charge in [0.25, 0.3) is 6.43 Å². The van der Waals surface area contributed by atoms with E-state index in [4.69, 9.17) is 9.84 Å². The molecule has 0 spiro atoms. The van der Waals surface area contributed by atoms with Gasteiger partial charge in [-0.1, -0.05) is 0 Å². The van der Waals surface area contributed by atoms with Gasteiger partial charge in [0.1, 0.15) is 0 Å². The Bertz CT molecular complexity index is 175. The Kier molecular flexibility index (Phi) is 6.84. The monoisotopic (exact) mass is 237 g/mol. The molecule has 1 saturated heterocycles. The minimum atomic E-state index is -2.32. The van der Waals surface area contributed by atoms with Crippen LogP contribution in [0.3, 0.4) is 0 Å². The van der Waals surface area contributed by atoms with Crippen LogP contribution in [0.2, 0.25) is 0 Å². The molecule has 1 rings (SSSR count). The molecule has 1 heterocycles. The van der Waals surface area contributed by atoms with Gasteiger partial charge in [-0.15, -0.1) is 0 Å². The minimum Gasteiger partial charge on any atom is -0.395 e. The van der Waals surface area contributed by atoms with Crippen LogP contribution in [0.25, 0.3) is 0 Å². The van der Waals surface area contributed by atoms with Gasteiger partial charge < -0.3 is 9.84 Å². The summed E-state index contributed by atoms with van der Waals surface area (Å²) in [6.45, 7) is 1.47. The Morgan fingerprint density at radius 2 is 2.19 bits per heavy atom. The summed E-state index contributed by atoms with van der Waals surface area (Å²) in [7, 11) is 0. The van der Waals surface area contributed by atoms with Crippen LogP contribution >= 0.6 is 0 Å². The van der Waals surface area contributed by atoms with E-state index < -0.39 is 6.43 Å². The number of hydrogen-bond donors (Lipinski definition) is 1. The zero-order valence-electron chi connectivity index (χ0n) is 9.58. The van der Waals surface area contributed by atoms with Crippen LogP contribution in [0.15, 0.2) is 0 Å². The van der Waals surface area contributed by atoms with Crippen molar-refractivity contribution in [3.63, 3.8) is 0 Å². The summed E-state index contributed by atoms with van der Waals surface area (Å²) < 4.78 is 29.8. The SMILES string of the molecule is OCCN(CCCC1CCCO1)CC(F)F. The Morgan fingerprint density at radius 1 is 1.38 bits per heavy atom. The molecule has 1 aliphatic rings. The Hall–Kier alpha value is -0.260. The fourth-order valence-corrected chi connectivity index (χ4v) is 2.05. The average molecular weight is 237 g/mol. The van der Waals surface area contributed by atoms with Crippen LogP contribution < -0.4 is 0 Å². The fourth-order valence-electron chi connectivity index (χ4n) is 2.05. The molecule has 1 N–H and O–H groups in total. The zero-order chi connectivity index (χ0) is 11.8. The number of rotatable bonds is 8. The third-order valence-corrected chi connectivity index (χ3v) is 2.84. The lowest BCUT2D eigenvalue weighted by atomic mass is 10.1. The molecule has 0 amide bonds. The number of halogens is 2. The minimum absolute atomic E-state index is 0.0628. The van der Waals surface area contributed by atoms with Gasteiger partial charge in [-0.2, -0.15) is 0 Å². The van der Waals surface area contributed by atoms with E-state index in [-0.39, 0.29) is 13.2 Å². The highest BCUT2D eigenvalue weighted by molar-refractivity contribution is 4.67. The van der Waals surface area contributed by atoms with E-state index in [0.717, 1.165) is 32.3 Å². The number of nitrogens with zero attached hydrogens (tertiary/aromatic N) is 1. The van der Waals surface area contributed by atoms with Crippen molar-refractivity contribution in [1.29, 1.82) is 0 Å². The fraction of sp³-hybridized carbons (Fsp3) is 1.00.